The van der Waals surface area contributed by atoms with Crippen molar-refractivity contribution in [3.05, 3.63) is 28.2 Å². The first-order chi connectivity index (χ1) is 7.76. The molecule has 1 N–H and O–H groups in total. The van der Waals surface area contributed by atoms with Gasteiger partial charge in [0, 0.05) is 10.0 Å². The third-order valence-corrected chi connectivity index (χ3v) is 3.08. The molecule has 0 heterocycles. The molecule has 0 radical (unpaired) electrons. The van der Waals surface area contributed by atoms with E-state index >= 15 is 0 Å². The first-order valence-corrected chi connectivity index (χ1v) is 5.68. The summed E-state index contributed by atoms with van der Waals surface area (Å²) in [5.74, 6) is 0.00914. The smallest absolute Gasteiger partial charge is 0.421 e. The van der Waals surface area contributed by atoms with E-state index in [4.69, 9.17) is 4.74 Å². The topological polar surface area (TPSA) is 29.5 Å². The predicted molar refractivity (Wildman–Crippen MR) is 60.9 cm³/mol. The number of methoxy groups -OCH3 is 1. The molecule has 0 bridgehead atoms. The van der Waals surface area contributed by atoms with Crippen LogP contribution in [0.15, 0.2) is 22.7 Å². The van der Waals surface area contributed by atoms with Crippen LogP contribution in [0.25, 0.3) is 0 Å². The van der Waals surface area contributed by atoms with Gasteiger partial charge < -0.3 is 9.84 Å². The Kier molecular flexibility index (Phi) is 4.09. The van der Waals surface area contributed by atoms with Crippen LogP contribution in [0.1, 0.15) is 18.9 Å². The van der Waals surface area contributed by atoms with Gasteiger partial charge in [-0.15, -0.1) is 0 Å². The van der Waals surface area contributed by atoms with Gasteiger partial charge in [0.05, 0.1) is 7.11 Å². The fourth-order valence-corrected chi connectivity index (χ4v) is 1.91. The van der Waals surface area contributed by atoms with Crippen LogP contribution in [0.4, 0.5) is 13.2 Å². The minimum Gasteiger partial charge on any atom is -0.496 e. The summed E-state index contributed by atoms with van der Waals surface area (Å²) in [7, 11) is 1.26. The maximum atomic E-state index is 12.9. The van der Waals surface area contributed by atoms with E-state index in [2.05, 4.69) is 15.9 Å². The van der Waals surface area contributed by atoms with Crippen molar-refractivity contribution in [3.63, 3.8) is 0 Å². The van der Waals surface area contributed by atoms with Gasteiger partial charge in [0.15, 0.2) is 5.60 Å². The van der Waals surface area contributed by atoms with Crippen molar-refractivity contribution < 1.29 is 23.0 Å². The lowest BCUT2D eigenvalue weighted by Crippen LogP contribution is -2.42. The Balaban J connectivity index is 3.43. The Labute approximate surface area is 106 Å². The second-order valence-corrected chi connectivity index (χ2v) is 4.47. The molecular formula is C11H12BrF3O2. The lowest BCUT2D eigenvalue weighted by atomic mass is 9.89. The monoisotopic (exact) mass is 312 g/mol. The predicted octanol–water partition coefficient (Wildman–Crippen LogP) is 3.62. The van der Waals surface area contributed by atoms with Crippen molar-refractivity contribution in [1.82, 2.24) is 0 Å². The summed E-state index contributed by atoms with van der Waals surface area (Å²) in [6, 6.07) is 4.15. The van der Waals surface area contributed by atoms with Crippen molar-refractivity contribution in [2.75, 3.05) is 7.11 Å². The van der Waals surface area contributed by atoms with E-state index < -0.39 is 18.2 Å². The normalized spacial score (nSPS) is 15.5. The molecular weight excluding hydrogens is 301 g/mol. The SMILES string of the molecule is CCC(O)(c1cc(Br)ccc1OC)C(F)(F)F. The molecule has 1 unspecified atom stereocenters. The molecule has 0 saturated carbocycles. The highest BCUT2D eigenvalue weighted by Crippen LogP contribution is 2.45. The Hall–Kier alpha value is -0.750. The van der Waals surface area contributed by atoms with E-state index in [1.165, 1.54) is 26.2 Å². The highest BCUT2D eigenvalue weighted by Gasteiger charge is 2.54. The number of aliphatic hydroxyl groups is 1. The third kappa shape index (κ3) is 2.57. The van der Waals surface area contributed by atoms with E-state index in [1.807, 2.05) is 0 Å². The van der Waals surface area contributed by atoms with E-state index in [0.29, 0.717) is 4.47 Å². The van der Waals surface area contributed by atoms with Crippen molar-refractivity contribution >= 4 is 15.9 Å². The number of hydrogen-bond acceptors (Lipinski definition) is 2. The van der Waals surface area contributed by atoms with E-state index in [1.54, 1.807) is 6.07 Å². The zero-order chi connectivity index (χ0) is 13.3. The fraction of sp³-hybridized carbons (Fsp3) is 0.455. The summed E-state index contributed by atoms with van der Waals surface area (Å²) in [6.07, 6.45) is -5.24. The molecule has 0 aromatic heterocycles. The zero-order valence-corrected chi connectivity index (χ0v) is 10.9. The minimum absolute atomic E-state index is 0.00914. The summed E-state index contributed by atoms with van der Waals surface area (Å²) in [6.45, 7) is 1.27. The molecule has 0 aliphatic carbocycles. The number of ether oxygens (including phenoxy) is 1. The number of benzene rings is 1. The van der Waals surface area contributed by atoms with E-state index in [0.717, 1.165) is 0 Å². The van der Waals surface area contributed by atoms with Crippen LogP contribution in [0, 0.1) is 0 Å². The largest absolute Gasteiger partial charge is 0.496 e. The molecule has 1 atom stereocenters. The van der Waals surface area contributed by atoms with Gasteiger partial charge in [-0.25, -0.2) is 0 Å². The number of rotatable bonds is 3. The minimum atomic E-state index is -4.75. The summed E-state index contributed by atoms with van der Waals surface area (Å²) < 4.78 is 44.1. The van der Waals surface area contributed by atoms with Crippen molar-refractivity contribution in [2.24, 2.45) is 0 Å². The van der Waals surface area contributed by atoms with Crippen molar-refractivity contribution in [2.45, 2.75) is 25.1 Å². The Bertz CT molecular complexity index is 406. The van der Waals surface area contributed by atoms with Gasteiger partial charge in [0.2, 0.25) is 0 Å². The molecule has 2 nitrogen and oxygen atoms in total. The first-order valence-electron chi connectivity index (χ1n) is 4.89. The lowest BCUT2D eigenvalue weighted by molar-refractivity contribution is -0.268. The zero-order valence-electron chi connectivity index (χ0n) is 9.31. The maximum absolute atomic E-state index is 12.9. The van der Waals surface area contributed by atoms with Crippen molar-refractivity contribution in [3.8, 4) is 5.75 Å². The molecule has 0 fully saturated rings. The summed E-state index contributed by atoms with van der Waals surface area (Å²) in [5.41, 5.74) is -3.19. The average Bonchev–Trinajstić information content (AvgIpc) is 2.26. The van der Waals surface area contributed by atoms with Crippen LogP contribution in [-0.4, -0.2) is 18.4 Å². The molecule has 0 aliphatic heterocycles. The molecule has 1 aromatic carbocycles. The van der Waals surface area contributed by atoms with Crippen LogP contribution < -0.4 is 4.74 Å². The van der Waals surface area contributed by atoms with Gasteiger partial charge in [-0.05, 0) is 24.6 Å². The summed E-state index contributed by atoms with van der Waals surface area (Å²) in [4.78, 5) is 0. The van der Waals surface area contributed by atoms with Gasteiger partial charge in [-0.3, -0.25) is 0 Å². The van der Waals surface area contributed by atoms with Crippen LogP contribution in [-0.2, 0) is 5.60 Å². The van der Waals surface area contributed by atoms with Gasteiger partial charge in [0.1, 0.15) is 5.75 Å². The molecule has 96 valence electrons. The van der Waals surface area contributed by atoms with Gasteiger partial charge in [0.25, 0.3) is 0 Å². The van der Waals surface area contributed by atoms with E-state index in [-0.39, 0.29) is 11.3 Å². The standard InChI is InChI=1S/C11H12BrF3O2/c1-3-10(16,11(13,14)15)8-6-7(12)4-5-9(8)17-2/h4-6,16H,3H2,1-2H3. The second kappa shape index (κ2) is 4.86. The first kappa shape index (κ1) is 14.3. The molecule has 1 aromatic rings. The molecule has 0 aliphatic rings. The third-order valence-electron chi connectivity index (χ3n) is 2.59. The average molecular weight is 313 g/mol. The van der Waals surface area contributed by atoms with Crippen LogP contribution in [0.5, 0.6) is 5.75 Å². The molecule has 17 heavy (non-hydrogen) atoms. The Morgan fingerprint density at radius 2 is 1.94 bits per heavy atom. The van der Waals surface area contributed by atoms with Crippen LogP contribution in [0.3, 0.4) is 0 Å². The van der Waals surface area contributed by atoms with Gasteiger partial charge in [-0.2, -0.15) is 13.2 Å². The molecule has 0 saturated heterocycles. The second-order valence-electron chi connectivity index (χ2n) is 3.56. The highest BCUT2D eigenvalue weighted by atomic mass is 79.9. The van der Waals surface area contributed by atoms with Crippen LogP contribution >= 0.6 is 15.9 Å². The lowest BCUT2D eigenvalue weighted by Gasteiger charge is -2.31. The Morgan fingerprint density at radius 3 is 2.35 bits per heavy atom. The van der Waals surface area contributed by atoms with E-state index in [9.17, 15) is 18.3 Å². The maximum Gasteiger partial charge on any atom is 0.421 e. The Morgan fingerprint density at radius 1 is 1.35 bits per heavy atom. The molecule has 0 spiro atoms. The van der Waals surface area contributed by atoms with Gasteiger partial charge in [-0.1, -0.05) is 22.9 Å². The fourth-order valence-electron chi connectivity index (χ4n) is 1.55. The van der Waals surface area contributed by atoms with Gasteiger partial charge >= 0.3 is 6.18 Å². The molecule has 0 amide bonds. The number of hydrogen-bond donors (Lipinski definition) is 1. The summed E-state index contributed by atoms with van der Waals surface area (Å²) >= 11 is 3.08. The highest BCUT2D eigenvalue weighted by molar-refractivity contribution is 9.10. The van der Waals surface area contributed by atoms with Crippen molar-refractivity contribution in [1.29, 1.82) is 0 Å². The number of halogens is 4. The molecule has 6 heteroatoms. The molecule has 1 rings (SSSR count). The van der Waals surface area contributed by atoms with Crippen LogP contribution in [0.2, 0.25) is 0 Å². The number of alkyl halides is 3. The quantitative estimate of drug-likeness (QED) is 0.923. The summed E-state index contributed by atoms with van der Waals surface area (Å²) in [5, 5.41) is 9.84.